The molecule has 11 heteroatoms. The summed E-state index contributed by atoms with van der Waals surface area (Å²) in [5.41, 5.74) is 1.63. The van der Waals surface area contributed by atoms with Crippen LogP contribution < -0.4 is 11.1 Å². The molecule has 0 unspecified atom stereocenters. The van der Waals surface area contributed by atoms with Crippen molar-refractivity contribution in [3.8, 4) is 0 Å². The van der Waals surface area contributed by atoms with Gasteiger partial charge in [0, 0.05) is 5.02 Å². The van der Waals surface area contributed by atoms with Crippen molar-refractivity contribution in [2.45, 2.75) is 18.6 Å². The lowest BCUT2D eigenvalue weighted by Gasteiger charge is -2.16. The first-order chi connectivity index (χ1) is 12.4. The van der Waals surface area contributed by atoms with E-state index in [0.717, 1.165) is 0 Å². The van der Waals surface area contributed by atoms with Crippen LogP contribution in [-0.2, 0) is 17.4 Å². The van der Waals surface area contributed by atoms with E-state index in [0.29, 0.717) is 10.6 Å². The zero-order valence-electron chi connectivity index (χ0n) is 13.1. The van der Waals surface area contributed by atoms with Crippen LogP contribution in [0.3, 0.4) is 0 Å². The molecule has 0 fully saturated rings. The first-order valence-corrected chi connectivity index (χ1v) is 7.55. The molecule has 146 valence electrons. The molecular weight excluding hydrogens is 405 g/mol. The molecule has 2 aromatic rings. The summed E-state index contributed by atoms with van der Waals surface area (Å²) in [6.07, 6.45) is -5.82. The third kappa shape index (κ3) is 4.51. The van der Waals surface area contributed by atoms with Crippen LogP contribution in [0.2, 0.25) is 5.02 Å². The maximum absolute atomic E-state index is 13.8. The number of anilines is 1. The van der Waals surface area contributed by atoms with Gasteiger partial charge in [0.15, 0.2) is 23.3 Å². The van der Waals surface area contributed by atoms with Gasteiger partial charge in [0.1, 0.15) is 11.3 Å². The van der Waals surface area contributed by atoms with E-state index in [-0.39, 0.29) is 6.42 Å². The number of nitrogens with one attached hydrogen (secondary N) is 1. The number of hydrogen-bond donors (Lipinski definition) is 2. The Bertz CT molecular complexity index is 840. The van der Waals surface area contributed by atoms with Gasteiger partial charge in [0.05, 0.1) is 6.04 Å². The Morgan fingerprint density at radius 2 is 1.48 bits per heavy atom. The topological polar surface area (TPSA) is 55.1 Å². The minimum atomic E-state index is -5.68. The quantitative estimate of drug-likeness (QED) is 0.574. The number of alkyl halides is 3. The molecule has 1 amide bonds. The van der Waals surface area contributed by atoms with Crippen LogP contribution in [0.5, 0.6) is 0 Å². The third-order valence-electron chi connectivity index (χ3n) is 3.50. The van der Waals surface area contributed by atoms with Gasteiger partial charge in [0.25, 0.3) is 0 Å². The SMILES string of the molecule is N[C@@H](Cc1ccc(Cl)cc1)C(=O)Nc1c(F)c(F)c(C(F)(F)F)c(F)c1F. The lowest BCUT2D eigenvalue weighted by atomic mass is 10.1. The summed E-state index contributed by atoms with van der Waals surface area (Å²) >= 11 is 5.68. The molecule has 0 aliphatic heterocycles. The predicted octanol–water partition coefficient (Wildman–Crippen LogP) is 4.42. The number of halogens is 8. The van der Waals surface area contributed by atoms with E-state index in [1.165, 1.54) is 29.6 Å². The van der Waals surface area contributed by atoms with Gasteiger partial charge >= 0.3 is 6.18 Å². The molecule has 2 rings (SSSR count). The molecule has 27 heavy (non-hydrogen) atoms. The average Bonchev–Trinajstić information content (AvgIpc) is 2.57. The highest BCUT2D eigenvalue weighted by molar-refractivity contribution is 6.30. The standard InChI is InChI=1S/C16H10ClF7N2O/c17-7-3-1-6(2-4-7)5-8(25)15(27)26-14-12(20)10(18)9(16(22,23)24)11(19)13(14)21/h1-4,8H,5,25H2,(H,26,27)/t8-/m0/s1. The molecule has 0 spiro atoms. The Morgan fingerprint density at radius 3 is 1.93 bits per heavy atom. The van der Waals surface area contributed by atoms with E-state index in [1.54, 1.807) is 0 Å². The highest BCUT2D eigenvalue weighted by Crippen LogP contribution is 2.38. The van der Waals surface area contributed by atoms with Gasteiger partial charge in [0.2, 0.25) is 5.91 Å². The summed E-state index contributed by atoms with van der Waals surface area (Å²) in [4.78, 5) is 11.9. The third-order valence-corrected chi connectivity index (χ3v) is 3.75. The predicted molar refractivity (Wildman–Crippen MR) is 83.0 cm³/mol. The summed E-state index contributed by atoms with van der Waals surface area (Å²) in [5.74, 6) is -11.4. The zero-order chi connectivity index (χ0) is 20.5. The van der Waals surface area contributed by atoms with E-state index >= 15 is 0 Å². The number of carbonyl (C=O) groups is 1. The van der Waals surface area contributed by atoms with Gasteiger partial charge in [-0.2, -0.15) is 13.2 Å². The second kappa shape index (κ2) is 7.73. The van der Waals surface area contributed by atoms with Crippen molar-refractivity contribution < 1.29 is 35.5 Å². The highest BCUT2D eigenvalue weighted by atomic mass is 35.5. The number of rotatable bonds is 4. The minimum Gasteiger partial charge on any atom is -0.320 e. The number of carbonyl (C=O) groups excluding carboxylic acids is 1. The fourth-order valence-corrected chi connectivity index (χ4v) is 2.30. The van der Waals surface area contributed by atoms with Crippen molar-refractivity contribution in [3.63, 3.8) is 0 Å². The molecule has 0 aromatic heterocycles. The zero-order valence-corrected chi connectivity index (χ0v) is 13.9. The van der Waals surface area contributed by atoms with E-state index in [9.17, 15) is 35.5 Å². The Morgan fingerprint density at radius 1 is 1.00 bits per heavy atom. The van der Waals surface area contributed by atoms with Crippen molar-refractivity contribution in [1.29, 1.82) is 0 Å². The summed E-state index contributed by atoms with van der Waals surface area (Å²) in [6, 6.07) is 4.57. The molecule has 0 aliphatic rings. The summed E-state index contributed by atoms with van der Waals surface area (Å²) in [5, 5.41) is 1.88. The molecule has 3 nitrogen and oxygen atoms in total. The van der Waals surface area contributed by atoms with Crippen LogP contribution >= 0.6 is 11.6 Å². The van der Waals surface area contributed by atoms with Gasteiger partial charge in [-0.1, -0.05) is 23.7 Å². The van der Waals surface area contributed by atoms with Crippen LogP contribution in [0.4, 0.5) is 36.4 Å². The fourth-order valence-electron chi connectivity index (χ4n) is 2.17. The van der Waals surface area contributed by atoms with Gasteiger partial charge in [-0.3, -0.25) is 4.79 Å². The van der Waals surface area contributed by atoms with Gasteiger partial charge < -0.3 is 11.1 Å². The second-order valence-corrected chi connectivity index (χ2v) is 5.87. The minimum absolute atomic E-state index is 0.141. The Kier molecular flexibility index (Phi) is 6.01. The molecule has 0 aliphatic carbocycles. The molecule has 0 saturated carbocycles. The number of amides is 1. The smallest absolute Gasteiger partial charge is 0.320 e. The lowest BCUT2D eigenvalue weighted by molar-refractivity contribution is -0.143. The van der Waals surface area contributed by atoms with Crippen LogP contribution in [0.1, 0.15) is 11.1 Å². The van der Waals surface area contributed by atoms with E-state index < -0.39 is 52.6 Å². The van der Waals surface area contributed by atoms with Crippen LogP contribution in [0.15, 0.2) is 24.3 Å². The monoisotopic (exact) mass is 414 g/mol. The lowest BCUT2D eigenvalue weighted by Crippen LogP contribution is -2.38. The molecule has 0 bridgehead atoms. The van der Waals surface area contributed by atoms with E-state index in [4.69, 9.17) is 17.3 Å². The van der Waals surface area contributed by atoms with Crippen molar-refractivity contribution in [3.05, 3.63) is 63.7 Å². The first kappa shape index (κ1) is 21.0. The first-order valence-electron chi connectivity index (χ1n) is 7.17. The molecule has 2 aromatic carbocycles. The van der Waals surface area contributed by atoms with Crippen LogP contribution in [0.25, 0.3) is 0 Å². The molecule has 0 heterocycles. The van der Waals surface area contributed by atoms with Crippen LogP contribution in [-0.4, -0.2) is 11.9 Å². The normalized spacial score (nSPS) is 12.8. The van der Waals surface area contributed by atoms with Gasteiger partial charge in [-0.15, -0.1) is 0 Å². The Balaban J connectivity index is 2.28. The number of hydrogen-bond acceptors (Lipinski definition) is 2. The van der Waals surface area contributed by atoms with Crippen molar-refractivity contribution in [2.24, 2.45) is 5.73 Å². The largest absolute Gasteiger partial charge is 0.422 e. The average molecular weight is 415 g/mol. The molecule has 0 saturated heterocycles. The Labute approximate surface area is 152 Å². The molecule has 3 N–H and O–H groups in total. The van der Waals surface area contributed by atoms with Crippen molar-refractivity contribution in [1.82, 2.24) is 0 Å². The van der Waals surface area contributed by atoms with Crippen molar-refractivity contribution in [2.75, 3.05) is 5.32 Å². The summed E-state index contributed by atoms with van der Waals surface area (Å²) in [6.45, 7) is 0. The van der Waals surface area contributed by atoms with E-state index in [1.807, 2.05) is 0 Å². The number of benzene rings is 2. The Hall–Kier alpha value is -2.33. The fraction of sp³-hybridized carbons (Fsp3) is 0.188. The van der Waals surface area contributed by atoms with E-state index in [2.05, 4.69) is 0 Å². The summed E-state index contributed by atoms with van der Waals surface area (Å²) < 4.78 is 92.2. The highest BCUT2D eigenvalue weighted by Gasteiger charge is 2.42. The van der Waals surface area contributed by atoms with Gasteiger partial charge in [-0.05, 0) is 24.1 Å². The summed E-state index contributed by atoms with van der Waals surface area (Å²) in [7, 11) is 0. The molecule has 0 radical (unpaired) electrons. The van der Waals surface area contributed by atoms with Crippen molar-refractivity contribution >= 4 is 23.2 Å². The molecular formula is C16H10ClF7N2O. The maximum atomic E-state index is 13.8. The number of nitrogens with two attached hydrogens (primary N) is 1. The van der Waals surface area contributed by atoms with Crippen LogP contribution in [0, 0.1) is 23.3 Å². The maximum Gasteiger partial charge on any atom is 0.422 e. The second-order valence-electron chi connectivity index (χ2n) is 5.43. The molecule has 1 atom stereocenters. The van der Waals surface area contributed by atoms with Gasteiger partial charge in [-0.25, -0.2) is 17.6 Å².